The van der Waals surface area contributed by atoms with Crippen LogP contribution in [0.15, 0.2) is 39.1 Å². The molecule has 2 aromatic rings. The molecule has 0 aliphatic rings. The molecule has 0 bridgehead atoms. The van der Waals surface area contributed by atoms with E-state index in [0.717, 1.165) is 22.0 Å². The van der Waals surface area contributed by atoms with E-state index in [1.165, 1.54) is 4.88 Å². The molecular weight excluding hydrogens is 378 g/mol. The zero-order valence-corrected chi connectivity index (χ0v) is 15.8. The molecule has 0 aliphatic carbocycles. The maximum absolute atomic E-state index is 5.32. The standard InChI is InChI=1S/C16H20BrN3O2S/c1-4-18-16(19-10-12-6-8-15(17)23-12)20-11-5-7-13(21-2)14(9-11)22-3/h5-9H,4,10H2,1-3H3,(H2,18,19,20). The van der Waals surface area contributed by atoms with Crippen molar-refractivity contribution in [2.45, 2.75) is 13.5 Å². The number of thiophene rings is 1. The van der Waals surface area contributed by atoms with Crippen LogP contribution in [-0.4, -0.2) is 26.7 Å². The first-order valence-electron chi connectivity index (χ1n) is 7.17. The highest BCUT2D eigenvalue weighted by Crippen LogP contribution is 2.29. The highest BCUT2D eigenvalue weighted by Gasteiger charge is 2.06. The number of halogens is 1. The molecule has 0 aliphatic heterocycles. The van der Waals surface area contributed by atoms with Crippen LogP contribution in [0, 0.1) is 0 Å². The number of guanidine groups is 1. The zero-order chi connectivity index (χ0) is 16.7. The summed E-state index contributed by atoms with van der Waals surface area (Å²) in [6.07, 6.45) is 0. The number of rotatable bonds is 6. The molecule has 0 spiro atoms. The predicted octanol–water partition coefficient (Wildman–Crippen LogP) is 4.11. The van der Waals surface area contributed by atoms with Crippen molar-refractivity contribution in [1.29, 1.82) is 0 Å². The second-order valence-electron chi connectivity index (χ2n) is 4.60. The minimum absolute atomic E-state index is 0.624. The van der Waals surface area contributed by atoms with Gasteiger partial charge in [0.05, 0.1) is 24.6 Å². The summed E-state index contributed by atoms with van der Waals surface area (Å²) >= 11 is 5.15. The Bertz CT molecular complexity index is 673. The Balaban J connectivity index is 2.12. The fraction of sp³-hybridized carbons (Fsp3) is 0.312. The molecule has 0 atom stereocenters. The van der Waals surface area contributed by atoms with E-state index in [0.29, 0.717) is 18.0 Å². The summed E-state index contributed by atoms with van der Waals surface area (Å²) in [6, 6.07) is 9.77. The van der Waals surface area contributed by atoms with E-state index in [-0.39, 0.29) is 0 Å². The Morgan fingerprint density at radius 2 is 1.96 bits per heavy atom. The minimum atomic E-state index is 0.624. The zero-order valence-electron chi connectivity index (χ0n) is 13.4. The van der Waals surface area contributed by atoms with Crippen LogP contribution in [0.2, 0.25) is 0 Å². The first kappa shape index (κ1) is 17.6. The molecule has 0 saturated heterocycles. The molecule has 23 heavy (non-hydrogen) atoms. The number of hydrogen-bond donors (Lipinski definition) is 2. The van der Waals surface area contributed by atoms with Gasteiger partial charge in [0.2, 0.25) is 0 Å². The SMILES string of the molecule is CCNC(=NCc1ccc(Br)s1)Nc1ccc(OC)c(OC)c1. The van der Waals surface area contributed by atoms with E-state index in [9.17, 15) is 0 Å². The first-order chi connectivity index (χ1) is 11.2. The van der Waals surface area contributed by atoms with Gasteiger partial charge in [-0.15, -0.1) is 11.3 Å². The molecule has 1 aromatic carbocycles. The van der Waals surface area contributed by atoms with Crippen molar-refractivity contribution in [3.8, 4) is 11.5 Å². The maximum atomic E-state index is 5.32. The van der Waals surface area contributed by atoms with E-state index in [1.54, 1.807) is 25.6 Å². The van der Waals surface area contributed by atoms with Crippen LogP contribution in [0.4, 0.5) is 5.69 Å². The lowest BCUT2D eigenvalue weighted by atomic mass is 10.3. The quantitative estimate of drug-likeness (QED) is 0.568. The lowest BCUT2D eigenvalue weighted by Crippen LogP contribution is -2.30. The van der Waals surface area contributed by atoms with Gasteiger partial charge in [-0.05, 0) is 47.1 Å². The third-order valence-corrected chi connectivity index (χ3v) is 4.62. The monoisotopic (exact) mass is 397 g/mol. The molecule has 124 valence electrons. The summed E-state index contributed by atoms with van der Waals surface area (Å²) in [6.45, 7) is 3.44. The molecule has 2 N–H and O–H groups in total. The Hall–Kier alpha value is -1.73. The summed E-state index contributed by atoms with van der Waals surface area (Å²) < 4.78 is 11.7. The fourth-order valence-corrected chi connectivity index (χ4v) is 3.36. The molecule has 7 heteroatoms. The lowest BCUT2D eigenvalue weighted by molar-refractivity contribution is 0.355. The van der Waals surface area contributed by atoms with Crippen LogP contribution in [0.1, 0.15) is 11.8 Å². The summed E-state index contributed by atoms with van der Waals surface area (Å²) in [5.41, 5.74) is 0.884. The van der Waals surface area contributed by atoms with Crippen molar-refractivity contribution in [2.24, 2.45) is 4.99 Å². The molecule has 0 saturated carbocycles. The van der Waals surface area contributed by atoms with E-state index in [2.05, 4.69) is 37.6 Å². The summed E-state index contributed by atoms with van der Waals surface area (Å²) in [4.78, 5) is 5.80. The molecule has 0 unspecified atom stereocenters. The molecule has 0 amide bonds. The van der Waals surface area contributed by atoms with Gasteiger partial charge < -0.3 is 20.1 Å². The highest BCUT2D eigenvalue weighted by molar-refractivity contribution is 9.11. The van der Waals surface area contributed by atoms with Crippen LogP contribution < -0.4 is 20.1 Å². The van der Waals surface area contributed by atoms with Crippen molar-refractivity contribution >= 4 is 38.9 Å². The van der Waals surface area contributed by atoms with Gasteiger partial charge in [0.25, 0.3) is 0 Å². The number of benzene rings is 1. The van der Waals surface area contributed by atoms with Gasteiger partial charge in [-0.3, -0.25) is 0 Å². The number of hydrogen-bond acceptors (Lipinski definition) is 4. The summed E-state index contributed by atoms with van der Waals surface area (Å²) in [5.74, 6) is 2.10. The molecular formula is C16H20BrN3O2S. The Morgan fingerprint density at radius 3 is 2.57 bits per heavy atom. The van der Waals surface area contributed by atoms with Crippen LogP contribution in [0.25, 0.3) is 0 Å². The minimum Gasteiger partial charge on any atom is -0.493 e. The van der Waals surface area contributed by atoms with Crippen molar-refractivity contribution in [3.05, 3.63) is 39.0 Å². The van der Waals surface area contributed by atoms with E-state index in [1.807, 2.05) is 31.2 Å². The van der Waals surface area contributed by atoms with E-state index >= 15 is 0 Å². The molecule has 0 fully saturated rings. The first-order valence-corrected chi connectivity index (χ1v) is 8.78. The van der Waals surface area contributed by atoms with Gasteiger partial charge in [-0.25, -0.2) is 4.99 Å². The number of ether oxygens (including phenoxy) is 2. The third-order valence-electron chi connectivity index (χ3n) is 3.01. The van der Waals surface area contributed by atoms with Gasteiger partial charge in [-0.1, -0.05) is 0 Å². The van der Waals surface area contributed by atoms with Crippen molar-refractivity contribution in [3.63, 3.8) is 0 Å². The fourth-order valence-electron chi connectivity index (χ4n) is 1.95. The molecule has 1 aromatic heterocycles. The van der Waals surface area contributed by atoms with Crippen molar-refractivity contribution in [2.75, 3.05) is 26.1 Å². The van der Waals surface area contributed by atoms with Gasteiger partial charge in [0, 0.05) is 23.2 Å². The van der Waals surface area contributed by atoms with Crippen LogP contribution in [-0.2, 0) is 6.54 Å². The number of anilines is 1. The molecule has 0 radical (unpaired) electrons. The second kappa shape index (κ2) is 8.79. The Labute approximate surface area is 148 Å². The Morgan fingerprint density at radius 1 is 1.17 bits per heavy atom. The smallest absolute Gasteiger partial charge is 0.196 e. The maximum Gasteiger partial charge on any atom is 0.196 e. The Kier molecular flexibility index (Phi) is 6.73. The summed E-state index contributed by atoms with van der Waals surface area (Å²) in [5, 5.41) is 6.51. The van der Waals surface area contributed by atoms with Crippen molar-refractivity contribution in [1.82, 2.24) is 5.32 Å². The van der Waals surface area contributed by atoms with E-state index in [4.69, 9.17) is 9.47 Å². The normalized spacial score (nSPS) is 11.2. The van der Waals surface area contributed by atoms with Gasteiger partial charge in [0.15, 0.2) is 17.5 Å². The third kappa shape index (κ3) is 5.14. The van der Waals surface area contributed by atoms with Crippen molar-refractivity contribution < 1.29 is 9.47 Å². The second-order valence-corrected chi connectivity index (χ2v) is 7.14. The predicted molar refractivity (Wildman–Crippen MR) is 100 cm³/mol. The number of methoxy groups -OCH3 is 2. The topological polar surface area (TPSA) is 54.9 Å². The largest absolute Gasteiger partial charge is 0.493 e. The number of nitrogens with zero attached hydrogens (tertiary/aromatic N) is 1. The lowest BCUT2D eigenvalue weighted by Gasteiger charge is -2.13. The summed E-state index contributed by atoms with van der Waals surface area (Å²) in [7, 11) is 3.24. The molecule has 2 rings (SSSR count). The van der Waals surface area contributed by atoms with E-state index < -0.39 is 0 Å². The van der Waals surface area contributed by atoms with Gasteiger partial charge >= 0.3 is 0 Å². The molecule has 1 heterocycles. The number of nitrogens with one attached hydrogen (secondary N) is 2. The van der Waals surface area contributed by atoms with Crippen LogP contribution in [0.3, 0.4) is 0 Å². The van der Waals surface area contributed by atoms with Crippen LogP contribution >= 0.6 is 27.3 Å². The van der Waals surface area contributed by atoms with Crippen LogP contribution in [0.5, 0.6) is 11.5 Å². The highest BCUT2D eigenvalue weighted by atomic mass is 79.9. The number of aliphatic imine (C=N–C) groups is 1. The van der Waals surface area contributed by atoms with Gasteiger partial charge in [0.1, 0.15) is 0 Å². The average molecular weight is 398 g/mol. The average Bonchev–Trinajstić information content (AvgIpc) is 2.98. The molecule has 5 nitrogen and oxygen atoms in total. The van der Waals surface area contributed by atoms with Gasteiger partial charge in [-0.2, -0.15) is 0 Å².